The van der Waals surface area contributed by atoms with Crippen LogP contribution in [0.3, 0.4) is 0 Å². The molecule has 3 N–H and O–H groups in total. The van der Waals surface area contributed by atoms with E-state index in [-0.39, 0.29) is 11.6 Å². The lowest BCUT2D eigenvalue weighted by Crippen LogP contribution is -2.48. The highest BCUT2D eigenvalue weighted by Gasteiger charge is 2.32. The molecule has 224 valence electrons. The summed E-state index contributed by atoms with van der Waals surface area (Å²) >= 11 is 0. The number of aromatic amines is 1. The van der Waals surface area contributed by atoms with Crippen LogP contribution in [0, 0.1) is 6.92 Å². The predicted octanol–water partition coefficient (Wildman–Crippen LogP) is 7.09. The van der Waals surface area contributed by atoms with Crippen molar-refractivity contribution in [2.24, 2.45) is 0 Å². The van der Waals surface area contributed by atoms with Gasteiger partial charge in [-0.05, 0) is 79.3 Å². The van der Waals surface area contributed by atoms with Crippen molar-refractivity contribution in [1.29, 1.82) is 0 Å². The number of likely N-dealkylation sites (tertiary alicyclic amines) is 1. The van der Waals surface area contributed by atoms with Crippen LogP contribution in [0.15, 0.2) is 78.9 Å². The average molecular weight is 591 g/mol. The van der Waals surface area contributed by atoms with E-state index in [0.717, 1.165) is 62.5 Å². The summed E-state index contributed by atoms with van der Waals surface area (Å²) < 4.78 is 6.11. The Kier molecular flexibility index (Phi) is 8.07. The number of hydrogen-bond acceptors (Lipinski definition) is 4. The lowest BCUT2D eigenvalue weighted by molar-refractivity contribution is -0.143. The number of aromatic carboxylic acids is 1. The Morgan fingerprint density at radius 1 is 0.909 bits per heavy atom. The summed E-state index contributed by atoms with van der Waals surface area (Å²) in [5, 5.41) is 22.7. The van der Waals surface area contributed by atoms with Crippen molar-refractivity contribution in [2.45, 2.75) is 45.1 Å². The maximum atomic E-state index is 13.3. The number of aromatic nitrogens is 1. The van der Waals surface area contributed by atoms with E-state index in [1.54, 1.807) is 12.1 Å². The van der Waals surface area contributed by atoms with E-state index in [2.05, 4.69) is 4.98 Å². The second kappa shape index (κ2) is 12.2. The second-order valence-corrected chi connectivity index (χ2v) is 11.3. The van der Waals surface area contributed by atoms with Crippen LogP contribution in [0.1, 0.15) is 57.7 Å². The second-order valence-electron chi connectivity index (χ2n) is 11.3. The normalized spacial score (nSPS) is 15.0. The molecule has 44 heavy (non-hydrogen) atoms. The monoisotopic (exact) mass is 590 g/mol. The number of aryl methyl sites for hydroxylation is 2. The van der Waals surface area contributed by atoms with Gasteiger partial charge >= 0.3 is 11.9 Å². The molecule has 2 heterocycles. The number of piperidine rings is 1. The number of nitrogens with zero attached hydrogens (tertiary/aromatic N) is 1. The average Bonchev–Trinajstić information content (AvgIpc) is 3.42. The molecular weight excluding hydrogens is 556 g/mol. The molecule has 8 heteroatoms. The molecule has 1 unspecified atom stereocenters. The molecule has 0 saturated carbocycles. The minimum Gasteiger partial charge on any atom is -0.493 e. The van der Waals surface area contributed by atoms with E-state index in [0.29, 0.717) is 38.0 Å². The number of carbonyl (C=O) groups excluding carboxylic acids is 1. The number of carbonyl (C=O) groups is 3. The summed E-state index contributed by atoms with van der Waals surface area (Å²) in [5.74, 6) is -1.48. The van der Waals surface area contributed by atoms with Crippen molar-refractivity contribution in [1.82, 2.24) is 9.88 Å². The lowest BCUT2D eigenvalue weighted by atomic mass is 9.94. The first-order chi connectivity index (χ1) is 21.3. The predicted molar refractivity (Wildman–Crippen MR) is 170 cm³/mol. The van der Waals surface area contributed by atoms with Crippen LogP contribution >= 0.6 is 0 Å². The van der Waals surface area contributed by atoms with Gasteiger partial charge in [-0.15, -0.1) is 0 Å². The van der Waals surface area contributed by atoms with Gasteiger partial charge in [-0.3, -0.25) is 4.79 Å². The molecule has 1 amide bonds. The van der Waals surface area contributed by atoms with Crippen molar-refractivity contribution in [2.75, 3.05) is 13.2 Å². The molecule has 0 aliphatic carbocycles. The molecule has 1 fully saturated rings. The van der Waals surface area contributed by atoms with Gasteiger partial charge in [-0.1, -0.05) is 60.7 Å². The molecule has 6 rings (SSSR count). The number of para-hydroxylation sites is 1. The fourth-order valence-electron chi connectivity index (χ4n) is 6.39. The third-order valence-corrected chi connectivity index (χ3v) is 8.55. The Labute approximate surface area is 254 Å². The Morgan fingerprint density at radius 2 is 1.68 bits per heavy atom. The van der Waals surface area contributed by atoms with Gasteiger partial charge in [-0.25, -0.2) is 9.59 Å². The number of nitrogens with one attached hydrogen (secondary N) is 1. The fraction of sp³-hybridized carbons (Fsp3) is 0.250. The molecule has 0 spiro atoms. The molecule has 4 aromatic carbocycles. The number of benzene rings is 4. The Hall–Kier alpha value is -5.11. The Balaban J connectivity index is 1.25. The number of aliphatic carboxylic acids is 1. The zero-order valence-electron chi connectivity index (χ0n) is 24.5. The van der Waals surface area contributed by atoms with Gasteiger partial charge in [0.25, 0.3) is 5.91 Å². The molecule has 1 aliphatic rings. The van der Waals surface area contributed by atoms with E-state index in [1.165, 1.54) is 4.90 Å². The number of carboxylic acids is 2. The first-order valence-electron chi connectivity index (χ1n) is 15.0. The molecule has 1 aliphatic heterocycles. The summed E-state index contributed by atoms with van der Waals surface area (Å²) in [7, 11) is 0. The number of H-pyrrole nitrogens is 1. The first kappa shape index (κ1) is 29.0. The van der Waals surface area contributed by atoms with Crippen molar-refractivity contribution >= 4 is 39.5 Å². The van der Waals surface area contributed by atoms with Gasteiger partial charge in [0.05, 0.1) is 12.1 Å². The maximum absolute atomic E-state index is 13.3. The molecule has 0 bridgehead atoms. The number of ether oxygens (including phenoxy) is 1. The molecule has 1 saturated heterocycles. The maximum Gasteiger partial charge on any atom is 0.352 e. The van der Waals surface area contributed by atoms with Gasteiger partial charge in [-0.2, -0.15) is 0 Å². The highest BCUT2D eigenvalue weighted by atomic mass is 16.5. The summed E-state index contributed by atoms with van der Waals surface area (Å²) in [5.41, 5.74) is 4.58. The van der Waals surface area contributed by atoms with Crippen LogP contribution in [-0.2, 0) is 11.2 Å². The van der Waals surface area contributed by atoms with Crippen molar-refractivity contribution in [3.05, 3.63) is 101 Å². The van der Waals surface area contributed by atoms with E-state index in [9.17, 15) is 24.6 Å². The van der Waals surface area contributed by atoms with E-state index in [4.69, 9.17) is 4.74 Å². The van der Waals surface area contributed by atoms with Gasteiger partial charge in [0.1, 0.15) is 17.5 Å². The van der Waals surface area contributed by atoms with Crippen LogP contribution in [0.4, 0.5) is 0 Å². The standard InChI is InChI=1S/C36H34N2O6/c1-22-21-24(34(39)38-19-5-4-15-30(38)35(40)41)17-18-25(22)27-12-7-13-28-29(33(36(42)43)37-32(27)28)14-8-20-44-31-16-6-10-23-9-2-3-11-26(23)31/h2-3,6-7,9-13,16-18,21,30,37H,4-5,8,14-15,19-20H2,1H3,(H,40,41)(H,42,43). The minimum atomic E-state index is -1.02. The summed E-state index contributed by atoms with van der Waals surface area (Å²) in [6.07, 6.45) is 3.17. The summed E-state index contributed by atoms with van der Waals surface area (Å²) in [6.45, 7) is 2.77. The highest BCUT2D eigenvalue weighted by Crippen LogP contribution is 2.35. The number of amides is 1. The van der Waals surface area contributed by atoms with Crippen LogP contribution in [0.25, 0.3) is 32.8 Å². The number of rotatable bonds is 9. The van der Waals surface area contributed by atoms with Gasteiger partial charge in [0.2, 0.25) is 0 Å². The third-order valence-electron chi connectivity index (χ3n) is 8.55. The van der Waals surface area contributed by atoms with Gasteiger partial charge < -0.3 is 24.8 Å². The van der Waals surface area contributed by atoms with E-state index in [1.807, 2.05) is 73.7 Å². The molecule has 1 aromatic heterocycles. The summed E-state index contributed by atoms with van der Waals surface area (Å²) in [4.78, 5) is 42.0. The van der Waals surface area contributed by atoms with Crippen molar-refractivity contribution in [3.8, 4) is 16.9 Å². The summed E-state index contributed by atoms with van der Waals surface area (Å²) in [6, 6.07) is 24.3. The van der Waals surface area contributed by atoms with Crippen LogP contribution < -0.4 is 4.74 Å². The molecule has 8 nitrogen and oxygen atoms in total. The van der Waals surface area contributed by atoms with Crippen LogP contribution in [0.2, 0.25) is 0 Å². The SMILES string of the molecule is Cc1cc(C(=O)N2CCCCC2C(=O)O)ccc1-c1cccc2c(CCCOc3cccc4ccccc34)c(C(=O)O)[nH]c12. The van der Waals surface area contributed by atoms with Crippen LogP contribution in [0.5, 0.6) is 5.75 Å². The first-order valence-corrected chi connectivity index (χ1v) is 15.0. The smallest absolute Gasteiger partial charge is 0.352 e. The van der Waals surface area contributed by atoms with E-state index < -0.39 is 18.0 Å². The highest BCUT2D eigenvalue weighted by molar-refractivity contribution is 6.04. The third kappa shape index (κ3) is 5.51. The van der Waals surface area contributed by atoms with Crippen LogP contribution in [-0.4, -0.2) is 57.1 Å². The molecule has 0 radical (unpaired) electrons. The Bertz CT molecular complexity index is 1890. The lowest BCUT2D eigenvalue weighted by Gasteiger charge is -2.33. The van der Waals surface area contributed by atoms with Crippen molar-refractivity contribution < 1.29 is 29.3 Å². The van der Waals surface area contributed by atoms with Crippen molar-refractivity contribution in [3.63, 3.8) is 0 Å². The molecular formula is C36H34N2O6. The largest absolute Gasteiger partial charge is 0.493 e. The zero-order valence-corrected chi connectivity index (χ0v) is 24.5. The number of fused-ring (bicyclic) bond motifs is 2. The fourth-order valence-corrected chi connectivity index (χ4v) is 6.39. The quantitative estimate of drug-likeness (QED) is 0.158. The minimum absolute atomic E-state index is 0.159. The number of hydrogen-bond donors (Lipinski definition) is 3. The Morgan fingerprint density at radius 3 is 2.48 bits per heavy atom. The molecule has 5 aromatic rings. The zero-order chi connectivity index (χ0) is 30.8. The molecule has 1 atom stereocenters. The van der Waals surface area contributed by atoms with Gasteiger partial charge in [0.15, 0.2) is 0 Å². The van der Waals surface area contributed by atoms with Gasteiger partial charge in [0, 0.05) is 28.4 Å². The number of carboxylic acid groups (broad SMARTS) is 2. The van der Waals surface area contributed by atoms with E-state index >= 15 is 0 Å². The topological polar surface area (TPSA) is 120 Å².